The van der Waals surface area contributed by atoms with E-state index < -0.39 is 10.2 Å². The number of hydrogen-bond donors (Lipinski definition) is 1. The standard InChI is InChI=1S/C14H24N6O2S/c1-12(9-15)10-18(2)23(21,22)17-13-5-4-8-20(11-13)14-6-7-16-19(14)3/h6-7,12-13,17H,4-5,8,10-11H2,1-3H3/t12-,13-/m1/s1. The van der Waals surface area contributed by atoms with Gasteiger partial charge in [-0.15, -0.1) is 0 Å². The predicted molar refractivity (Wildman–Crippen MR) is 87.9 cm³/mol. The first-order chi connectivity index (χ1) is 10.8. The van der Waals surface area contributed by atoms with Crippen molar-refractivity contribution in [3.8, 4) is 6.07 Å². The molecule has 2 heterocycles. The number of piperidine rings is 1. The Balaban J connectivity index is 1.99. The van der Waals surface area contributed by atoms with Crippen LogP contribution in [-0.4, -0.2) is 55.2 Å². The van der Waals surface area contributed by atoms with E-state index in [0.717, 1.165) is 25.2 Å². The van der Waals surface area contributed by atoms with Crippen LogP contribution in [0.15, 0.2) is 12.3 Å². The number of nitriles is 1. The van der Waals surface area contributed by atoms with Crippen molar-refractivity contribution in [1.82, 2.24) is 18.8 Å². The van der Waals surface area contributed by atoms with Gasteiger partial charge in [0.1, 0.15) is 5.82 Å². The summed E-state index contributed by atoms with van der Waals surface area (Å²) in [4.78, 5) is 2.14. The van der Waals surface area contributed by atoms with E-state index in [1.165, 1.54) is 11.4 Å². The smallest absolute Gasteiger partial charge is 0.279 e. The molecule has 0 saturated carbocycles. The van der Waals surface area contributed by atoms with E-state index in [2.05, 4.69) is 20.8 Å². The highest BCUT2D eigenvalue weighted by Crippen LogP contribution is 2.19. The molecule has 1 aliphatic rings. The maximum absolute atomic E-state index is 12.4. The van der Waals surface area contributed by atoms with Gasteiger partial charge in [0.15, 0.2) is 0 Å². The van der Waals surface area contributed by atoms with Crippen molar-refractivity contribution in [1.29, 1.82) is 5.26 Å². The number of nitrogens with zero attached hydrogens (tertiary/aromatic N) is 5. The van der Waals surface area contributed by atoms with Crippen LogP contribution in [0.1, 0.15) is 19.8 Å². The van der Waals surface area contributed by atoms with Gasteiger partial charge in [-0.3, -0.25) is 4.68 Å². The monoisotopic (exact) mass is 340 g/mol. The average molecular weight is 340 g/mol. The first kappa shape index (κ1) is 17.7. The maximum atomic E-state index is 12.4. The van der Waals surface area contributed by atoms with Crippen LogP contribution in [0.25, 0.3) is 0 Å². The predicted octanol–water partition coefficient (Wildman–Crippen LogP) is 0.315. The molecule has 1 N–H and O–H groups in total. The fourth-order valence-electron chi connectivity index (χ4n) is 2.78. The first-order valence-corrected chi connectivity index (χ1v) is 9.13. The third kappa shape index (κ3) is 4.43. The number of aryl methyl sites for hydroxylation is 1. The third-order valence-electron chi connectivity index (χ3n) is 4.02. The van der Waals surface area contributed by atoms with Gasteiger partial charge < -0.3 is 4.90 Å². The Morgan fingerprint density at radius 1 is 1.61 bits per heavy atom. The molecule has 128 valence electrons. The molecule has 0 amide bonds. The number of anilines is 1. The van der Waals surface area contributed by atoms with Crippen LogP contribution < -0.4 is 9.62 Å². The molecule has 0 unspecified atom stereocenters. The number of aromatic nitrogens is 2. The lowest BCUT2D eigenvalue weighted by molar-refractivity contribution is 0.405. The van der Waals surface area contributed by atoms with Gasteiger partial charge in [0.2, 0.25) is 0 Å². The van der Waals surface area contributed by atoms with Crippen molar-refractivity contribution in [2.45, 2.75) is 25.8 Å². The van der Waals surface area contributed by atoms with Crippen LogP contribution >= 0.6 is 0 Å². The molecule has 1 aromatic rings. The van der Waals surface area contributed by atoms with Crippen molar-refractivity contribution in [3.05, 3.63) is 12.3 Å². The summed E-state index contributed by atoms with van der Waals surface area (Å²) in [5.74, 6) is 0.647. The molecule has 1 fully saturated rings. The zero-order valence-corrected chi connectivity index (χ0v) is 14.6. The molecular formula is C14H24N6O2S. The van der Waals surface area contributed by atoms with Crippen LogP contribution in [0.3, 0.4) is 0 Å². The summed E-state index contributed by atoms with van der Waals surface area (Å²) < 4.78 is 30.5. The van der Waals surface area contributed by atoms with Crippen molar-refractivity contribution in [2.75, 3.05) is 31.6 Å². The molecule has 1 saturated heterocycles. The minimum absolute atomic E-state index is 0.150. The van der Waals surface area contributed by atoms with Crippen LogP contribution in [0.5, 0.6) is 0 Å². The SMILES string of the molecule is C[C@H](C#N)CN(C)S(=O)(=O)N[C@@H]1CCCN(c2ccnn2C)C1. The Morgan fingerprint density at radius 2 is 2.35 bits per heavy atom. The lowest BCUT2D eigenvalue weighted by Gasteiger charge is -2.35. The summed E-state index contributed by atoms with van der Waals surface area (Å²) >= 11 is 0. The minimum atomic E-state index is -3.58. The van der Waals surface area contributed by atoms with Crippen LogP contribution in [0.4, 0.5) is 5.82 Å². The van der Waals surface area contributed by atoms with Gasteiger partial charge in [0.25, 0.3) is 10.2 Å². The fourth-order valence-corrected chi connectivity index (χ4v) is 4.00. The Bertz CT molecular complexity index is 665. The molecular weight excluding hydrogens is 316 g/mol. The van der Waals surface area contributed by atoms with Gasteiger partial charge in [0, 0.05) is 45.8 Å². The van der Waals surface area contributed by atoms with Crippen molar-refractivity contribution in [2.24, 2.45) is 13.0 Å². The van der Waals surface area contributed by atoms with Gasteiger partial charge >= 0.3 is 0 Å². The lowest BCUT2D eigenvalue weighted by atomic mass is 10.1. The van der Waals surface area contributed by atoms with E-state index in [0.29, 0.717) is 6.54 Å². The van der Waals surface area contributed by atoms with Crippen LogP contribution in [-0.2, 0) is 17.3 Å². The topological polar surface area (TPSA) is 94.3 Å². The summed E-state index contributed by atoms with van der Waals surface area (Å²) in [6, 6.07) is 3.83. The van der Waals surface area contributed by atoms with E-state index in [4.69, 9.17) is 5.26 Å². The normalized spacial score (nSPS) is 20.5. The third-order valence-corrected chi connectivity index (χ3v) is 5.62. The Morgan fingerprint density at radius 3 is 2.96 bits per heavy atom. The first-order valence-electron chi connectivity index (χ1n) is 7.69. The highest BCUT2D eigenvalue weighted by molar-refractivity contribution is 7.87. The average Bonchev–Trinajstić information content (AvgIpc) is 2.93. The molecule has 23 heavy (non-hydrogen) atoms. The quantitative estimate of drug-likeness (QED) is 0.804. The van der Waals surface area contributed by atoms with E-state index in [1.54, 1.807) is 17.8 Å². The van der Waals surface area contributed by atoms with E-state index in [1.807, 2.05) is 13.1 Å². The fraction of sp³-hybridized carbons (Fsp3) is 0.714. The Labute approximate surface area is 137 Å². The summed E-state index contributed by atoms with van der Waals surface area (Å²) in [7, 11) is -0.211. The largest absolute Gasteiger partial charge is 0.355 e. The Kier molecular flexibility index (Phi) is 5.62. The van der Waals surface area contributed by atoms with E-state index in [9.17, 15) is 8.42 Å². The number of hydrogen-bond acceptors (Lipinski definition) is 5. The summed E-state index contributed by atoms with van der Waals surface area (Å²) in [5.41, 5.74) is 0. The van der Waals surface area contributed by atoms with Gasteiger partial charge in [0.05, 0.1) is 18.2 Å². The molecule has 0 aliphatic carbocycles. The van der Waals surface area contributed by atoms with Crippen molar-refractivity contribution < 1.29 is 8.42 Å². The molecule has 1 aliphatic heterocycles. The zero-order valence-electron chi connectivity index (χ0n) is 13.8. The molecule has 2 atom stereocenters. The molecule has 0 aromatic carbocycles. The highest BCUT2D eigenvalue weighted by atomic mass is 32.2. The van der Waals surface area contributed by atoms with Crippen LogP contribution in [0.2, 0.25) is 0 Å². The molecule has 0 radical (unpaired) electrons. The second kappa shape index (κ2) is 7.29. The van der Waals surface area contributed by atoms with Gasteiger partial charge in [-0.1, -0.05) is 0 Å². The molecule has 0 bridgehead atoms. The van der Waals surface area contributed by atoms with Gasteiger partial charge in [-0.25, -0.2) is 0 Å². The molecule has 2 rings (SSSR count). The summed E-state index contributed by atoms with van der Waals surface area (Å²) in [5, 5.41) is 13.0. The number of rotatable bonds is 6. The van der Waals surface area contributed by atoms with E-state index >= 15 is 0 Å². The Hall–Kier alpha value is -1.63. The molecule has 0 spiro atoms. The zero-order chi connectivity index (χ0) is 17.0. The highest BCUT2D eigenvalue weighted by Gasteiger charge is 2.28. The lowest BCUT2D eigenvalue weighted by Crippen LogP contribution is -2.51. The molecule has 1 aromatic heterocycles. The second-order valence-electron chi connectivity index (χ2n) is 6.03. The second-order valence-corrected chi connectivity index (χ2v) is 7.84. The van der Waals surface area contributed by atoms with E-state index in [-0.39, 0.29) is 18.5 Å². The van der Waals surface area contributed by atoms with Crippen LogP contribution in [0, 0.1) is 17.2 Å². The van der Waals surface area contributed by atoms with Crippen molar-refractivity contribution >= 4 is 16.0 Å². The minimum Gasteiger partial charge on any atom is -0.355 e. The molecule has 8 nitrogen and oxygen atoms in total. The maximum Gasteiger partial charge on any atom is 0.279 e. The van der Waals surface area contributed by atoms with Gasteiger partial charge in [-0.05, 0) is 19.8 Å². The summed E-state index contributed by atoms with van der Waals surface area (Å²) in [6.07, 6.45) is 3.45. The van der Waals surface area contributed by atoms with Gasteiger partial charge in [-0.2, -0.15) is 27.8 Å². The van der Waals surface area contributed by atoms with Crippen molar-refractivity contribution in [3.63, 3.8) is 0 Å². The summed E-state index contributed by atoms with van der Waals surface area (Å²) in [6.45, 7) is 3.39. The molecule has 9 heteroatoms. The number of nitrogens with one attached hydrogen (secondary N) is 1.